The molecule has 1 aromatic rings. The van der Waals surface area contributed by atoms with Crippen molar-refractivity contribution >= 4 is 11.6 Å². The lowest BCUT2D eigenvalue weighted by molar-refractivity contribution is -0.00461. The van der Waals surface area contributed by atoms with Gasteiger partial charge in [0.05, 0.1) is 17.2 Å². The summed E-state index contributed by atoms with van der Waals surface area (Å²) in [4.78, 5) is 2.19. The fourth-order valence-corrected chi connectivity index (χ4v) is 2.52. The highest BCUT2D eigenvalue weighted by atomic mass is 35.5. The molecule has 4 nitrogen and oxygen atoms in total. The average molecular weight is 272 g/mol. The van der Waals surface area contributed by atoms with Crippen LogP contribution in [0.2, 0.25) is 5.02 Å². The standard InChI is InChI=1S/C13H18ClNO3/c1-17-11-7-15(8-12(11)18-2)6-9-4-3-5-10(14)13(9)16/h3-5,11-12,16H,6-8H2,1-2H3. The molecule has 1 aliphatic heterocycles. The van der Waals surface area contributed by atoms with Crippen LogP contribution in [0.4, 0.5) is 0 Å². The van der Waals surface area contributed by atoms with Crippen LogP contribution in [0.25, 0.3) is 0 Å². The quantitative estimate of drug-likeness (QED) is 0.908. The van der Waals surface area contributed by atoms with Gasteiger partial charge >= 0.3 is 0 Å². The van der Waals surface area contributed by atoms with E-state index in [4.69, 9.17) is 21.1 Å². The van der Waals surface area contributed by atoms with E-state index in [0.717, 1.165) is 18.7 Å². The molecule has 0 bridgehead atoms. The fourth-order valence-electron chi connectivity index (χ4n) is 2.33. The zero-order valence-corrected chi connectivity index (χ0v) is 11.4. The fraction of sp³-hybridized carbons (Fsp3) is 0.538. The van der Waals surface area contributed by atoms with Crippen LogP contribution in [0.15, 0.2) is 18.2 Å². The van der Waals surface area contributed by atoms with E-state index in [1.807, 2.05) is 12.1 Å². The first-order valence-electron chi connectivity index (χ1n) is 5.90. The number of phenols is 1. The molecule has 2 rings (SSSR count). The number of para-hydroxylation sites is 1. The minimum Gasteiger partial charge on any atom is -0.506 e. The molecule has 0 aliphatic carbocycles. The molecule has 0 radical (unpaired) electrons. The Morgan fingerprint density at radius 2 is 1.89 bits per heavy atom. The van der Waals surface area contributed by atoms with Crippen LogP contribution in [-0.4, -0.2) is 49.5 Å². The molecule has 1 N–H and O–H groups in total. The zero-order chi connectivity index (χ0) is 13.1. The molecule has 18 heavy (non-hydrogen) atoms. The number of halogens is 1. The van der Waals surface area contributed by atoms with Gasteiger partial charge in [0.25, 0.3) is 0 Å². The third-order valence-corrected chi connectivity index (χ3v) is 3.67. The SMILES string of the molecule is COC1CN(Cc2cccc(Cl)c2O)CC1OC. The van der Waals surface area contributed by atoms with Gasteiger partial charge in [-0.15, -0.1) is 0 Å². The van der Waals surface area contributed by atoms with E-state index < -0.39 is 0 Å². The molecule has 0 amide bonds. The van der Waals surface area contributed by atoms with Crippen molar-refractivity contribution in [3.63, 3.8) is 0 Å². The van der Waals surface area contributed by atoms with Gasteiger partial charge in [0, 0.05) is 39.4 Å². The summed E-state index contributed by atoms with van der Waals surface area (Å²) in [6.07, 6.45) is 0.160. The molecule has 1 saturated heterocycles. The van der Waals surface area contributed by atoms with Gasteiger partial charge in [-0.2, -0.15) is 0 Å². The molecular weight excluding hydrogens is 254 g/mol. The van der Waals surface area contributed by atoms with Crippen LogP contribution < -0.4 is 0 Å². The first-order chi connectivity index (χ1) is 8.65. The topological polar surface area (TPSA) is 41.9 Å². The lowest BCUT2D eigenvalue weighted by Gasteiger charge is -2.16. The number of hydrogen-bond donors (Lipinski definition) is 1. The van der Waals surface area contributed by atoms with Gasteiger partial charge in [0.1, 0.15) is 5.75 Å². The molecule has 100 valence electrons. The zero-order valence-electron chi connectivity index (χ0n) is 10.6. The number of benzene rings is 1. The van der Waals surface area contributed by atoms with E-state index in [1.165, 1.54) is 0 Å². The summed E-state index contributed by atoms with van der Waals surface area (Å²) < 4.78 is 10.8. The van der Waals surface area contributed by atoms with Gasteiger partial charge in [-0.05, 0) is 6.07 Å². The number of rotatable bonds is 4. The number of aromatic hydroxyl groups is 1. The largest absolute Gasteiger partial charge is 0.506 e. The van der Waals surface area contributed by atoms with E-state index in [9.17, 15) is 5.11 Å². The van der Waals surface area contributed by atoms with Crippen molar-refractivity contribution in [1.82, 2.24) is 4.90 Å². The van der Waals surface area contributed by atoms with Crippen molar-refractivity contribution in [1.29, 1.82) is 0 Å². The summed E-state index contributed by atoms with van der Waals surface area (Å²) in [5.74, 6) is 0.161. The molecule has 0 spiro atoms. The molecule has 0 aromatic heterocycles. The number of likely N-dealkylation sites (tertiary alicyclic amines) is 1. The molecule has 1 aromatic carbocycles. The number of hydrogen-bond acceptors (Lipinski definition) is 4. The molecular formula is C13H18ClNO3. The summed E-state index contributed by atoms with van der Waals surface area (Å²) in [6.45, 7) is 2.23. The first kappa shape index (κ1) is 13.6. The Labute approximate surface area is 112 Å². The van der Waals surface area contributed by atoms with E-state index in [-0.39, 0.29) is 18.0 Å². The van der Waals surface area contributed by atoms with Crippen LogP contribution in [0, 0.1) is 0 Å². The van der Waals surface area contributed by atoms with E-state index in [0.29, 0.717) is 11.6 Å². The van der Waals surface area contributed by atoms with Crippen molar-refractivity contribution < 1.29 is 14.6 Å². The number of nitrogens with zero attached hydrogens (tertiary/aromatic N) is 1. The molecule has 5 heteroatoms. The van der Waals surface area contributed by atoms with Crippen LogP contribution in [0.5, 0.6) is 5.75 Å². The lowest BCUT2D eigenvalue weighted by atomic mass is 10.2. The third kappa shape index (κ3) is 2.78. The van der Waals surface area contributed by atoms with Crippen LogP contribution in [0.1, 0.15) is 5.56 Å². The molecule has 0 saturated carbocycles. The Morgan fingerprint density at radius 3 is 2.44 bits per heavy atom. The molecule has 2 atom stereocenters. The summed E-state index contributed by atoms with van der Waals surface area (Å²) in [7, 11) is 3.38. The van der Waals surface area contributed by atoms with Crippen molar-refractivity contribution in [3.05, 3.63) is 28.8 Å². The second-order valence-electron chi connectivity index (χ2n) is 4.49. The minimum absolute atomic E-state index is 0.0799. The molecule has 2 unspecified atom stereocenters. The lowest BCUT2D eigenvalue weighted by Crippen LogP contribution is -2.27. The first-order valence-corrected chi connectivity index (χ1v) is 6.27. The minimum atomic E-state index is 0.0799. The van der Waals surface area contributed by atoms with Gasteiger partial charge in [0.2, 0.25) is 0 Å². The molecule has 1 heterocycles. The van der Waals surface area contributed by atoms with Crippen LogP contribution in [0.3, 0.4) is 0 Å². The van der Waals surface area contributed by atoms with Crippen LogP contribution in [-0.2, 0) is 16.0 Å². The normalized spacial score (nSPS) is 24.6. The van der Waals surface area contributed by atoms with Crippen molar-refractivity contribution in [2.24, 2.45) is 0 Å². The van der Waals surface area contributed by atoms with Gasteiger partial charge in [-0.3, -0.25) is 4.90 Å². The van der Waals surface area contributed by atoms with Crippen molar-refractivity contribution in [3.8, 4) is 5.75 Å². The predicted octanol–water partition coefficient (Wildman–Crippen LogP) is 1.89. The smallest absolute Gasteiger partial charge is 0.138 e. The van der Waals surface area contributed by atoms with Crippen molar-refractivity contribution in [2.45, 2.75) is 18.8 Å². The Bertz CT molecular complexity index is 401. The molecule has 1 fully saturated rings. The summed E-state index contributed by atoms with van der Waals surface area (Å²) >= 11 is 5.89. The van der Waals surface area contributed by atoms with Gasteiger partial charge < -0.3 is 14.6 Å². The average Bonchev–Trinajstić information content (AvgIpc) is 2.77. The summed E-state index contributed by atoms with van der Waals surface area (Å²) in [6, 6.07) is 5.40. The maximum Gasteiger partial charge on any atom is 0.138 e. The highest BCUT2D eigenvalue weighted by Gasteiger charge is 2.33. The van der Waals surface area contributed by atoms with E-state index in [2.05, 4.69) is 4.90 Å². The van der Waals surface area contributed by atoms with Gasteiger partial charge in [-0.25, -0.2) is 0 Å². The van der Waals surface area contributed by atoms with E-state index in [1.54, 1.807) is 20.3 Å². The monoisotopic (exact) mass is 271 g/mol. The Balaban J connectivity index is 2.05. The maximum atomic E-state index is 9.88. The number of methoxy groups -OCH3 is 2. The maximum absolute atomic E-state index is 9.88. The second kappa shape index (κ2) is 5.89. The highest BCUT2D eigenvalue weighted by molar-refractivity contribution is 6.32. The summed E-state index contributed by atoms with van der Waals surface area (Å²) in [5.41, 5.74) is 0.828. The van der Waals surface area contributed by atoms with Gasteiger partial charge in [-0.1, -0.05) is 23.7 Å². The number of phenolic OH excluding ortho intramolecular Hbond substituents is 1. The van der Waals surface area contributed by atoms with Crippen LogP contribution >= 0.6 is 11.6 Å². The number of ether oxygens (including phenoxy) is 2. The van der Waals surface area contributed by atoms with Crippen molar-refractivity contribution in [2.75, 3.05) is 27.3 Å². The third-order valence-electron chi connectivity index (χ3n) is 3.36. The van der Waals surface area contributed by atoms with Gasteiger partial charge in [0.15, 0.2) is 0 Å². The second-order valence-corrected chi connectivity index (χ2v) is 4.90. The summed E-state index contributed by atoms with van der Waals surface area (Å²) in [5, 5.41) is 10.3. The Kier molecular flexibility index (Phi) is 4.45. The predicted molar refractivity (Wildman–Crippen MR) is 70.0 cm³/mol. The Morgan fingerprint density at radius 1 is 1.28 bits per heavy atom. The Hall–Kier alpha value is -0.810. The molecule has 1 aliphatic rings. The highest BCUT2D eigenvalue weighted by Crippen LogP contribution is 2.29. The van der Waals surface area contributed by atoms with E-state index >= 15 is 0 Å².